The second-order valence-electron chi connectivity index (χ2n) is 7.49. The number of carbonyl (C=O) groups is 4. The molecule has 3 rings (SSSR count). The zero-order chi connectivity index (χ0) is 19.8. The van der Waals surface area contributed by atoms with Crippen molar-refractivity contribution in [3.05, 3.63) is 34.9 Å². The Bertz CT molecular complexity index is 810. The van der Waals surface area contributed by atoms with Crippen molar-refractivity contribution in [3.8, 4) is 0 Å². The number of ether oxygens (including phenoxy) is 1. The topological polar surface area (TPSA) is 113 Å². The fourth-order valence-electron chi connectivity index (χ4n) is 3.07. The molecule has 0 aliphatic carbocycles. The number of benzene rings is 1. The van der Waals surface area contributed by atoms with E-state index in [1.54, 1.807) is 0 Å². The summed E-state index contributed by atoms with van der Waals surface area (Å²) in [5, 5.41) is 11.7. The first-order chi connectivity index (χ1) is 12.7. The van der Waals surface area contributed by atoms with Crippen molar-refractivity contribution in [1.29, 1.82) is 0 Å². The maximum absolute atomic E-state index is 12.6. The normalized spacial score (nSPS) is 19.3. The lowest BCUT2D eigenvalue weighted by Gasteiger charge is -2.19. The summed E-state index contributed by atoms with van der Waals surface area (Å²) >= 11 is 0. The summed E-state index contributed by atoms with van der Waals surface area (Å²) in [6, 6.07) is 4.30. The van der Waals surface area contributed by atoms with E-state index in [4.69, 9.17) is 9.84 Å². The second kappa shape index (κ2) is 7.11. The fraction of sp³-hybridized carbons (Fsp3) is 0.474. The van der Waals surface area contributed by atoms with Gasteiger partial charge >= 0.3 is 5.97 Å². The van der Waals surface area contributed by atoms with Crippen molar-refractivity contribution in [3.63, 3.8) is 0 Å². The van der Waals surface area contributed by atoms with Crippen LogP contribution in [0.5, 0.6) is 0 Å². The number of amides is 3. The van der Waals surface area contributed by atoms with Crippen LogP contribution in [-0.2, 0) is 9.53 Å². The van der Waals surface area contributed by atoms with Crippen LogP contribution in [-0.4, -0.2) is 59.5 Å². The number of aliphatic carboxylic acids is 1. The smallest absolute Gasteiger partial charge is 0.310 e. The van der Waals surface area contributed by atoms with Crippen LogP contribution in [0.3, 0.4) is 0 Å². The van der Waals surface area contributed by atoms with E-state index in [0.29, 0.717) is 6.61 Å². The minimum absolute atomic E-state index is 0.0593. The molecule has 1 fully saturated rings. The average molecular weight is 374 g/mol. The summed E-state index contributed by atoms with van der Waals surface area (Å²) in [5.41, 5.74) is -0.463. The molecule has 1 aromatic carbocycles. The van der Waals surface area contributed by atoms with Crippen molar-refractivity contribution in [1.82, 2.24) is 10.2 Å². The van der Waals surface area contributed by atoms with Gasteiger partial charge in [0.05, 0.1) is 29.2 Å². The van der Waals surface area contributed by atoms with Crippen LogP contribution in [0.25, 0.3) is 0 Å². The number of nitrogens with one attached hydrogen (secondary N) is 1. The summed E-state index contributed by atoms with van der Waals surface area (Å²) in [6.45, 7) is 3.79. The van der Waals surface area contributed by atoms with Gasteiger partial charge in [-0.1, -0.05) is 0 Å². The molecular weight excluding hydrogens is 352 g/mol. The van der Waals surface area contributed by atoms with E-state index < -0.39 is 23.2 Å². The molecule has 0 saturated carbocycles. The molecule has 1 atom stereocenters. The van der Waals surface area contributed by atoms with Crippen LogP contribution < -0.4 is 5.32 Å². The van der Waals surface area contributed by atoms with Crippen LogP contribution in [0.15, 0.2) is 18.2 Å². The SMILES string of the molecule is CC(C)(CNC(=O)c1ccc2c(c1)C(=O)N(CC1CCCO1)C2=O)C(=O)O. The number of nitrogens with zero attached hydrogens (tertiary/aromatic N) is 1. The van der Waals surface area contributed by atoms with E-state index in [9.17, 15) is 19.2 Å². The maximum Gasteiger partial charge on any atom is 0.310 e. The van der Waals surface area contributed by atoms with Crippen LogP contribution in [0.1, 0.15) is 57.8 Å². The maximum atomic E-state index is 12.6. The quantitative estimate of drug-likeness (QED) is 0.726. The number of carboxylic acid groups (broad SMARTS) is 1. The molecule has 2 N–H and O–H groups in total. The zero-order valence-electron chi connectivity index (χ0n) is 15.3. The van der Waals surface area contributed by atoms with E-state index in [2.05, 4.69) is 5.32 Å². The van der Waals surface area contributed by atoms with Gasteiger partial charge in [-0.05, 0) is 44.9 Å². The molecular formula is C19H22N2O6. The van der Waals surface area contributed by atoms with E-state index in [1.807, 2.05) is 0 Å². The lowest BCUT2D eigenvalue weighted by Crippen LogP contribution is -2.39. The van der Waals surface area contributed by atoms with Gasteiger partial charge in [0, 0.05) is 18.7 Å². The zero-order valence-corrected chi connectivity index (χ0v) is 15.3. The molecule has 1 aromatic rings. The minimum atomic E-state index is -1.11. The molecule has 1 saturated heterocycles. The monoisotopic (exact) mass is 374 g/mol. The molecule has 8 heteroatoms. The number of rotatable bonds is 6. The van der Waals surface area contributed by atoms with Gasteiger partial charge in [0.25, 0.3) is 17.7 Å². The molecule has 3 amide bonds. The summed E-state index contributed by atoms with van der Waals surface area (Å²) in [4.78, 5) is 49.7. The Hall–Kier alpha value is -2.74. The molecule has 27 heavy (non-hydrogen) atoms. The number of fused-ring (bicyclic) bond motifs is 1. The van der Waals surface area contributed by atoms with E-state index in [1.165, 1.54) is 32.0 Å². The molecule has 0 bridgehead atoms. The van der Waals surface area contributed by atoms with Crippen LogP contribution in [0, 0.1) is 5.41 Å². The first kappa shape index (κ1) is 19.0. The van der Waals surface area contributed by atoms with E-state index >= 15 is 0 Å². The average Bonchev–Trinajstić information content (AvgIpc) is 3.22. The molecule has 2 heterocycles. The Morgan fingerprint density at radius 1 is 1.26 bits per heavy atom. The Morgan fingerprint density at radius 2 is 1.96 bits per heavy atom. The van der Waals surface area contributed by atoms with Crippen molar-refractivity contribution in [2.24, 2.45) is 5.41 Å². The molecule has 0 aromatic heterocycles. The number of carboxylic acids is 1. The van der Waals surface area contributed by atoms with Gasteiger partial charge in [0.1, 0.15) is 0 Å². The molecule has 2 aliphatic rings. The molecule has 1 unspecified atom stereocenters. The highest BCUT2D eigenvalue weighted by atomic mass is 16.5. The highest BCUT2D eigenvalue weighted by Gasteiger charge is 2.38. The first-order valence-electron chi connectivity index (χ1n) is 8.84. The number of hydrogen-bond donors (Lipinski definition) is 2. The van der Waals surface area contributed by atoms with Gasteiger partial charge < -0.3 is 15.2 Å². The number of imide groups is 1. The standard InChI is InChI=1S/C19H22N2O6/c1-19(2,18(25)26)10-20-15(22)11-5-6-13-14(8-11)17(24)21(16(13)23)9-12-4-3-7-27-12/h5-6,8,12H,3-4,7,9-10H2,1-2H3,(H,20,22)(H,25,26). The van der Waals surface area contributed by atoms with Crippen molar-refractivity contribution in [2.45, 2.75) is 32.8 Å². The lowest BCUT2D eigenvalue weighted by molar-refractivity contribution is -0.146. The largest absolute Gasteiger partial charge is 0.481 e. The number of carbonyl (C=O) groups excluding carboxylic acids is 3. The predicted octanol–water partition coefficient (Wildman–Crippen LogP) is 1.30. The van der Waals surface area contributed by atoms with Crippen molar-refractivity contribution in [2.75, 3.05) is 19.7 Å². The van der Waals surface area contributed by atoms with Gasteiger partial charge in [0.15, 0.2) is 0 Å². The Balaban J connectivity index is 1.73. The highest BCUT2D eigenvalue weighted by Crippen LogP contribution is 2.26. The summed E-state index contributed by atoms with van der Waals surface area (Å²) in [6.07, 6.45) is 1.57. The summed E-state index contributed by atoms with van der Waals surface area (Å²) in [5.74, 6) is -2.34. The number of hydrogen-bond acceptors (Lipinski definition) is 5. The van der Waals surface area contributed by atoms with Crippen LogP contribution >= 0.6 is 0 Å². The predicted molar refractivity (Wildman–Crippen MR) is 94.5 cm³/mol. The Kier molecular flexibility index (Phi) is 5.01. The third kappa shape index (κ3) is 3.71. The Morgan fingerprint density at radius 3 is 2.59 bits per heavy atom. The molecule has 0 spiro atoms. The van der Waals surface area contributed by atoms with Gasteiger partial charge in [0.2, 0.25) is 0 Å². The van der Waals surface area contributed by atoms with Gasteiger partial charge in [-0.25, -0.2) is 0 Å². The van der Waals surface area contributed by atoms with Gasteiger partial charge in [-0.15, -0.1) is 0 Å². The highest BCUT2D eigenvalue weighted by molar-refractivity contribution is 6.22. The van der Waals surface area contributed by atoms with E-state index in [-0.39, 0.29) is 41.8 Å². The van der Waals surface area contributed by atoms with E-state index in [0.717, 1.165) is 17.7 Å². The first-order valence-corrected chi connectivity index (χ1v) is 8.84. The second-order valence-corrected chi connectivity index (χ2v) is 7.49. The summed E-state index contributed by atoms with van der Waals surface area (Å²) in [7, 11) is 0. The minimum Gasteiger partial charge on any atom is -0.481 e. The third-order valence-electron chi connectivity index (χ3n) is 4.91. The van der Waals surface area contributed by atoms with Crippen molar-refractivity contribution < 1.29 is 29.0 Å². The summed E-state index contributed by atoms with van der Waals surface area (Å²) < 4.78 is 5.50. The van der Waals surface area contributed by atoms with Crippen LogP contribution in [0.4, 0.5) is 0 Å². The van der Waals surface area contributed by atoms with Gasteiger partial charge in [-0.3, -0.25) is 24.1 Å². The van der Waals surface area contributed by atoms with Gasteiger partial charge in [-0.2, -0.15) is 0 Å². The molecule has 144 valence electrons. The molecule has 0 radical (unpaired) electrons. The van der Waals surface area contributed by atoms with Crippen LogP contribution in [0.2, 0.25) is 0 Å². The van der Waals surface area contributed by atoms with Crippen molar-refractivity contribution >= 4 is 23.7 Å². The third-order valence-corrected chi connectivity index (χ3v) is 4.91. The molecule has 8 nitrogen and oxygen atoms in total. The Labute approximate surface area is 156 Å². The lowest BCUT2D eigenvalue weighted by atomic mass is 9.94. The fourth-order valence-corrected chi connectivity index (χ4v) is 3.07. The molecule has 2 aliphatic heterocycles.